The van der Waals surface area contributed by atoms with Crippen molar-refractivity contribution in [2.45, 2.75) is 154 Å². The summed E-state index contributed by atoms with van der Waals surface area (Å²) in [6.07, 6.45) is -2.37. The first kappa shape index (κ1) is 49.0. The van der Waals surface area contributed by atoms with Crippen molar-refractivity contribution in [1.29, 1.82) is 0 Å². The zero-order chi connectivity index (χ0) is 42.7. The molecule has 3 aliphatic heterocycles. The number of ether oxygens (including phenoxy) is 7. The molecule has 0 saturated carbocycles. The minimum absolute atomic E-state index is 0.0141. The van der Waals surface area contributed by atoms with Gasteiger partial charge < -0.3 is 58.5 Å². The highest BCUT2D eigenvalue weighted by atomic mass is 16.7. The molecule has 15 nitrogen and oxygen atoms in total. The maximum absolute atomic E-state index is 13.7. The summed E-state index contributed by atoms with van der Waals surface area (Å²) in [5, 5.41) is 44.6. The van der Waals surface area contributed by atoms with Gasteiger partial charge in [0.05, 0.1) is 49.6 Å². The first-order valence-electron chi connectivity index (χ1n) is 20.1. The van der Waals surface area contributed by atoms with Crippen molar-refractivity contribution in [1.82, 2.24) is 4.90 Å². The molecule has 0 radical (unpaired) electrons. The Labute approximate surface area is 338 Å². The van der Waals surface area contributed by atoms with Gasteiger partial charge in [-0.3, -0.25) is 14.4 Å². The number of carbonyl (C=O) groups excluding carboxylic acids is 3. The van der Waals surface area contributed by atoms with Gasteiger partial charge in [0, 0.05) is 32.0 Å². The summed E-state index contributed by atoms with van der Waals surface area (Å²) in [6, 6.07) is -0.734. The van der Waals surface area contributed by atoms with Crippen molar-refractivity contribution in [3.8, 4) is 0 Å². The molecule has 2 fully saturated rings. The van der Waals surface area contributed by atoms with E-state index in [0.29, 0.717) is 12.0 Å². The number of methoxy groups -OCH3 is 2. The van der Waals surface area contributed by atoms with Gasteiger partial charge in [-0.2, -0.15) is 0 Å². The first-order valence-corrected chi connectivity index (χ1v) is 20.1. The van der Waals surface area contributed by atoms with Crippen LogP contribution < -0.4 is 0 Å². The van der Waals surface area contributed by atoms with Gasteiger partial charge in [-0.15, -0.1) is 0 Å². The molecule has 15 heteroatoms. The van der Waals surface area contributed by atoms with E-state index in [1.807, 2.05) is 19.9 Å². The number of allylic oxidation sites excluding steroid dienone is 5. The van der Waals surface area contributed by atoms with Gasteiger partial charge in [-0.05, 0) is 79.1 Å². The lowest BCUT2D eigenvalue weighted by atomic mass is 9.79. The third-order valence-corrected chi connectivity index (χ3v) is 11.5. The van der Waals surface area contributed by atoms with E-state index in [-0.39, 0.29) is 31.0 Å². The summed E-state index contributed by atoms with van der Waals surface area (Å²) in [6.45, 7) is 12.0. The molecule has 0 spiro atoms. The van der Waals surface area contributed by atoms with Crippen LogP contribution in [0, 0.1) is 23.7 Å². The monoisotopic (exact) mass is 811 g/mol. The number of aliphatic hydroxyl groups excluding tert-OH is 4. The Hall–Kier alpha value is -2.41. The number of rotatable bonds is 12. The molecule has 0 bridgehead atoms. The van der Waals surface area contributed by atoms with E-state index in [0.717, 1.165) is 0 Å². The highest BCUT2D eigenvalue weighted by molar-refractivity contribution is 5.91. The lowest BCUT2D eigenvalue weighted by Crippen LogP contribution is -2.63. The Balaban J connectivity index is 2.01. The number of nitrogens with zero attached hydrogens (tertiary/aromatic N) is 1. The van der Waals surface area contributed by atoms with E-state index in [9.17, 15) is 34.8 Å². The van der Waals surface area contributed by atoms with Gasteiger partial charge in [-0.25, -0.2) is 0 Å². The number of likely N-dealkylation sites (N-methyl/N-ethyl adjacent to an activating group) is 1. The quantitative estimate of drug-likeness (QED) is 0.166. The minimum Gasteiger partial charge on any atom is -0.462 e. The molecule has 10 unspecified atom stereocenters. The molecule has 2 saturated heterocycles. The molecule has 4 N–H and O–H groups in total. The van der Waals surface area contributed by atoms with Gasteiger partial charge >= 0.3 is 5.97 Å². The van der Waals surface area contributed by atoms with E-state index >= 15 is 0 Å². The minimum atomic E-state index is -1.30. The zero-order valence-electron chi connectivity index (χ0n) is 35.6. The molecular formula is C42H69NO14. The third kappa shape index (κ3) is 13.3. The Kier molecular flexibility index (Phi) is 19.6. The summed E-state index contributed by atoms with van der Waals surface area (Å²) in [4.78, 5) is 41.0. The van der Waals surface area contributed by atoms with Crippen LogP contribution in [0.15, 0.2) is 36.0 Å². The number of cyclic esters (lactones) is 1. The second-order valence-corrected chi connectivity index (χ2v) is 16.2. The molecule has 3 rings (SSSR count). The van der Waals surface area contributed by atoms with E-state index in [1.54, 1.807) is 58.8 Å². The second-order valence-electron chi connectivity index (χ2n) is 16.2. The van der Waals surface area contributed by atoms with Crippen LogP contribution in [-0.4, -0.2) is 157 Å². The fraction of sp³-hybridized carbons (Fsp3) is 0.786. The lowest BCUT2D eigenvalue weighted by Gasteiger charge is -2.46. The Morgan fingerprint density at radius 2 is 1.54 bits per heavy atom. The fourth-order valence-corrected chi connectivity index (χ4v) is 8.04. The average Bonchev–Trinajstić information content (AvgIpc) is 3.15. The number of carbonyl (C=O) groups is 3. The maximum atomic E-state index is 13.7. The van der Waals surface area contributed by atoms with Crippen LogP contribution in [-0.2, 0) is 47.5 Å². The topological polar surface area (TPSA) is 200 Å². The highest BCUT2D eigenvalue weighted by Crippen LogP contribution is 2.35. The van der Waals surface area contributed by atoms with Gasteiger partial charge in [0.1, 0.15) is 30.5 Å². The molecule has 0 aromatic rings. The van der Waals surface area contributed by atoms with Crippen molar-refractivity contribution in [3.05, 3.63) is 36.0 Å². The van der Waals surface area contributed by atoms with Gasteiger partial charge in [-0.1, -0.05) is 44.6 Å². The molecule has 326 valence electrons. The Bertz CT molecular complexity index is 1390. The summed E-state index contributed by atoms with van der Waals surface area (Å²) < 4.78 is 42.0. The number of esters is 1. The number of aliphatic hydroxyl groups is 4. The largest absolute Gasteiger partial charge is 0.462 e. The van der Waals surface area contributed by atoms with Crippen LogP contribution >= 0.6 is 0 Å². The molecular weight excluding hydrogens is 742 g/mol. The average molecular weight is 812 g/mol. The van der Waals surface area contributed by atoms with Crippen LogP contribution in [0.25, 0.3) is 0 Å². The van der Waals surface area contributed by atoms with Crippen LogP contribution in [0.5, 0.6) is 0 Å². The van der Waals surface area contributed by atoms with Crippen molar-refractivity contribution in [2.24, 2.45) is 23.7 Å². The second kappa shape index (κ2) is 22.8. The maximum Gasteiger partial charge on any atom is 0.308 e. The molecule has 57 heavy (non-hydrogen) atoms. The molecule has 0 aromatic carbocycles. The molecule has 3 aliphatic rings. The predicted octanol–water partition coefficient (Wildman–Crippen LogP) is 2.51. The van der Waals surface area contributed by atoms with Gasteiger partial charge in [0.2, 0.25) is 0 Å². The SMILES string of the molecule is CC[C@H]1OC(=O)C[C@@H](O)[C@H](C)[C@@H](OC2OC(C)C(O)C(N(C)C)C2O)[C@@H](C/C=C/C(C)=O)C[C@@H](C)C(=O)/C=C/C(C)=C/[C@@H]1COC1OC(C)C(O)C(OC)C1OC. The number of hydrogen-bond acceptors (Lipinski definition) is 15. The van der Waals surface area contributed by atoms with Crippen LogP contribution in [0.4, 0.5) is 0 Å². The summed E-state index contributed by atoms with van der Waals surface area (Å²) in [7, 11) is 6.40. The lowest BCUT2D eigenvalue weighted by molar-refractivity contribution is -0.304. The van der Waals surface area contributed by atoms with Gasteiger partial charge in [0.15, 0.2) is 24.1 Å². The highest BCUT2D eigenvalue weighted by Gasteiger charge is 2.48. The standard InChI is InChI=1S/C42H69NO14/c1-12-32-29(21-53-42-40(52-11)39(51-10)36(49)27(7)55-42)18-22(2)16-17-30(45)23(3)19-28(15-13-14-24(4)44)38(25(5)31(46)20-33(47)56-32)57-41-37(50)34(43(8)9)35(48)26(6)54-41/h13-14,16-18,23,25-29,31-32,34-42,46,48-50H,12,15,19-21H2,1-11H3/b14-13+,17-16+,22-18+/t23-,25+,26?,27?,28+,29-,31-,32-,34?,35?,36?,37?,38-,39?,40?,41?,42?/m1/s1. The van der Waals surface area contributed by atoms with E-state index in [2.05, 4.69) is 0 Å². The van der Waals surface area contributed by atoms with E-state index in [4.69, 9.17) is 33.2 Å². The van der Waals surface area contributed by atoms with Crippen LogP contribution in [0.3, 0.4) is 0 Å². The van der Waals surface area contributed by atoms with E-state index in [1.165, 1.54) is 33.3 Å². The molecule has 17 atom stereocenters. The number of hydrogen-bond donors (Lipinski definition) is 4. The predicted molar refractivity (Wildman–Crippen MR) is 210 cm³/mol. The molecule has 0 amide bonds. The molecule has 0 aliphatic carbocycles. The summed E-state index contributed by atoms with van der Waals surface area (Å²) >= 11 is 0. The Morgan fingerprint density at radius 1 is 0.912 bits per heavy atom. The van der Waals surface area contributed by atoms with Crippen molar-refractivity contribution < 1.29 is 68.0 Å². The first-order chi connectivity index (χ1) is 26.8. The van der Waals surface area contributed by atoms with Gasteiger partial charge in [0.25, 0.3) is 0 Å². The zero-order valence-corrected chi connectivity index (χ0v) is 35.6. The van der Waals surface area contributed by atoms with Crippen molar-refractivity contribution >= 4 is 17.5 Å². The summed E-state index contributed by atoms with van der Waals surface area (Å²) in [5.41, 5.74) is 0.711. The fourth-order valence-electron chi connectivity index (χ4n) is 8.04. The summed E-state index contributed by atoms with van der Waals surface area (Å²) in [5.74, 6) is -3.30. The normalized spacial score (nSPS) is 42.1. The number of ketones is 2. The Morgan fingerprint density at radius 3 is 2.14 bits per heavy atom. The smallest absolute Gasteiger partial charge is 0.308 e. The van der Waals surface area contributed by atoms with Crippen molar-refractivity contribution in [3.63, 3.8) is 0 Å². The van der Waals surface area contributed by atoms with Crippen LogP contribution in [0.1, 0.15) is 74.1 Å². The third-order valence-electron chi connectivity index (χ3n) is 11.5. The van der Waals surface area contributed by atoms with Crippen LogP contribution in [0.2, 0.25) is 0 Å². The molecule has 0 aromatic heterocycles. The molecule has 3 heterocycles. The van der Waals surface area contributed by atoms with Crippen molar-refractivity contribution in [2.75, 3.05) is 34.9 Å². The van der Waals surface area contributed by atoms with E-state index < -0.39 is 116 Å².